The van der Waals surface area contributed by atoms with Crippen molar-refractivity contribution in [1.29, 1.82) is 0 Å². The average Bonchev–Trinajstić information content (AvgIpc) is 3.40. The van der Waals surface area contributed by atoms with Crippen molar-refractivity contribution in [2.45, 2.75) is 52.7 Å². The molecular weight excluding hydrogens is 454 g/mol. The minimum atomic E-state index is -0.366. The van der Waals surface area contributed by atoms with Crippen LogP contribution in [0.15, 0.2) is 6.20 Å². The molecule has 1 amide bonds. The van der Waals surface area contributed by atoms with Gasteiger partial charge in [-0.05, 0) is 25.7 Å². The number of H-pyrrole nitrogens is 1. The number of rotatable bonds is 9. The topological polar surface area (TPSA) is 109 Å². The molecule has 0 unspecified atom stereocenters. The predicted molar refractivity (Wildman–Crippen MR) is 124 cm³/mol. The summed E-state index contributed by atoms with van der Waals surface area (Å²) in [7, 11) is 0. The molecule has 2 aromatic heterocycles. The Morgan fingerprint density at radius 2 is 2.19 bits per heavy atom. The lowest BCUT2D eigenvalue weighted by Gasteiger charge is -2.38. The Kier molecular flexibility index (Phi) is 8.50. The minimum absolute atomic E-state index is 0.184. The first-order valence-electron chi connectivity index (χ1n) is 10.9. The van der Waals surface area contributed by atoms with Gasteiger partial charge in [-0.1, -0.05) is 43.7 Å². The molecule has 1 aliphatic heterocycles. The van der Waals surface area contributed by atoms with Gasteiger partial charge in [0.2, 0.25) is 0 Å². The maximum Gasteiger partial charge on any atom is 0.350 e. The van der Waals surface area contributed by atoms with Crippen molar-refractivity contribution < 1.29 is 19.1 Å². The summed E-state index contributed by atoms with van der Waals surface area (Å²) in [6, 6.07) is -0.184. The van der Waals surface area contributed by atoms with Crippen LogP contribution in [-0.2, 0) is 15.9 Å². The normalized spacial score (nSPS) is 18.8. The van der Waals surface area contributed by atoms with Gasteiger partial charge in [-0.15, -0.1) is 0 Å². The number of aromatic amines is 1. The zero-order valence-electron chi connectivity index (χ0n) is 18.8. The number of nitrogens with zero attached hydrogens (tertiary/aromatic N) is 3. The lowest BCUT2D eigenvalue weighted by Crippen LogP contribution is -2.55. The van der Waals surface area contributed by atoms with E-state index in [1.165, 1.54) is 11.3 Å². The van der Waals surface area contributed by atoms with Gasteiger partial charge in [0.05, 0.1) is 30.6 Å². The Morgan fingerprint density at radius 3 is 2.84 bits per heavy atom. The second kappa shape index (κ2) is 11.1. The van der Waals surface area contributed by atoms with E-state index in [2.05, 4.69) is 39.0 Å². The van der Waals surface area contributed by atoms with Crippen LogP contribution < -0.4 is 10.2 Å². The van der Waals surface area contributed by atoms with E-state index < -0.39 is 0 Å². The quantitative estimate of drug-likeness (QED) is 0.526. The number of amides is 1. The summed E-state index contributed by atoms with van der Waals surface area (Å²) in [6.07, 6.45) is 2.64. The SMILES string of the molecule is CCOC(=O)c1cnc(N2CC[C@H](NC(=O)c3nc(Cl)c(CC)[nH]3)[C@H](OCC(C)C)C2)s1. The fraction of sp³-hybridized carbons (Fsp3) is 0.619. The second-order valence-corrected chi connectivity index (χ2v) is 9.38. The van der Waals surface area contributed by atoms with Gasteiger partial charge in [0.1, 0.15) is 4.88 Å². The van der Waals surface area contributed by atoms with Crippen molar-refractivity contribution in [2.75, 3.05) is 31.2 Å². The molecule has 2 aromatic rings. The van der Waals surface area contributed by atoms with E-state index in [0.29, 0.717) is 55.1 Å². The van der Waals surface area contributed by atoms with E-state index in [-0.39, 0.29) is 29.8 Å². The van der Waals surface area contributed by atoms with E-state index in [0.717, 1.165) is 10.8 Å². The first-order valence-corrected chi connectivity index (χ1v) is 12.1. The fourth-order valence-electron chi connectivity index (χ4n) is 3.41. The van der Waals surface area contributed by atoms with Crippen LogP contribution in [0.25, 0.3) is 0 Å². The number of piperidine rings is 1. The molecule has 1 fully saturated rings. The molecule has 1 aliphatic rings. The minimum Gasteiger partial charge on any atom is -0.462 e. The number of ether oxygens (including phenoxy) is 2. The van der Waals surface area contributed by atoms with Gasteiger partial charge in [0.25, 0.3) is 5.91 Å². The Morgan fingerprint density at radius 1 is 1.41 bits per heavy atom. The van der Waals surface area contributed by atoms with Crippen LogP contribution in [0.4, 0.5) is 5.13 Å². The molecular formula is C21H30ClN5O4S. The number of nitrogens with one attached hydrogen (secondary N) is 2. The molecule has 32 heavy (non-hydrogen) atoms. The Bertz CT molecular complexity index is 931. The number of anilines is 1. The summed E-state index contributed by atoms with van der Waals surface area (Å²) in [5, 5.41) is 4.11. The predicted octanol–water partition coefficient (Wildman–Crippen LogP) is 3.31. The summed E-state index contributed by atoms with van der Waals surface area (Å²) in [6.45, 7) is 9.99. The first kappa shape index (κ1) is 24.5. The smallest absolute Gasteiger partial charge is 0.350 e. The van der Waals surface area contributed by atoms with E-state index >= 15 is 0 Å². The van der Waals surface area contributed by atoms with Crippen LogP contribution in [-0.4, -0.2) is 65.3 Å². The van der Waals surface area contributed by atoms with E-state index in [1.54, 1.807) is 13.1 Å². The number of hydrogen-bond acceptors (Lipinski definition) is 8. The average molecular weight is 484 g/mol. The monoisotopic (exact) mass is 483 g/mol. The summed E-state index contributed by atoms with van der Waals surface area (Å²) in [4.78, 5) is 38.8. The number of halogens is 1. The van der Waals surface area contributed by atoms with Crippen molar-refractivity contribution in [2.24, 2.45) is 5.92 Å². The van der Waals surface area contributed by atoms with E-state index in [1.807, 2.05) is 6.92 Å². The lowest BCUT2D eigenvalue weighted by molar-refractivity contribution is 0.00705. The first-order chi connectivity index (χ1) is 15.3. The third-order valence-electron chi connectivity index (χ3n) is 5.06. The van der Waals surface area contributed by atoms with Crippen LogP contribution in [0.3, 0.4) is 0 Å². The molecule has 11 heteroatoms. The highest BCUT2D eigenvalue weighted by Gasteiger charge is 2.33. The highest BCUT2D eigenvalue weighted by Crippen LogP contribution is 2.27. The summed E-state index contributed by atoms with van der Waals surface area (Å²) >= 11 is 7.38. The standard InChI is InChI=1S/C21H30ClN5O4S/c1-5-13-17(22)26-18(24-13)19(28)25-14-7-8-27(10-15(14)31-11-12(3)4)21-23-9-16(32-21)20(29)30-6-2/h9,12,14-15H,5-8,10-11H2,1-4H3,(H,24,26)(H,25,28)/t14-,15+/m0/s1. The molecule has 1 saturated heterocycles. The number of imidazole rings is 1. The molecule has 0 aromatic carbocycles. The van der Waals surface area contributed by atoms with Crippen LogP contribution >= 0.6 is 22.9 Å². The molecule has 2 atom stereocenters. The second-order valence-electron chi connectivity index (χ2n) is 8.02. The maximum atomic E-state index is 12.8. The van der Waals surface area contributed by atoms with Crippen molar-refractivity contribution in [3.63, 3.8) is 0 Å². The molecule has 2 N–H and O–H groups in total. The summed E-state index contributed by atoms with van der Waals surface area (Å²) in [5.74, 6) is -0.111. The van der Waals surface area contributed by atoms with Crippen LogP contribution in [0.5, 0.6) is 0 Å². The van der Waals surface area contributed by atoms with Gasteiger partial charge in [-0.3, -0.25) is 4.79 Å². The van der Waals surface area contributed by atoms with Crippen molar-refractivity contribution in [1.82, 2.24) is 20.3 Å². The van der Waals surface area contributed by atoms with Crippen molar-refractivity contribution >= 4 is 39.9 Å². The van der Waals surface area contributed by atoms with E-state index in [4.69, 9.17) is 21.1 Å². The third kappa shape index (κ3) is 5.99. The Balaban J connectivity index is 1.69. The van der Waals surface area contributed by atoms with Crippen molar-refractivity contribution in [3.05, 3.63) is 27.7 Å². The molecule has 0 aliphatic carbocycles. The van der Waals surface area contributed by atoms with Crippen molar-refractivity contribution in [3.8, 4) is 0 Å². The van der Waals surface area contributed by atoms with Crippen LogP contribution in [0.2, 0.25) is 5.15 Å². The van der Waals surface area contributed by atoms with Crippen LogP contribution in [0, 0.1) is 5.92 Å². The Labute approximate surface area is 196 Å². The molecule has 0 radical (unpaired) electrons. The van der Waals surface area contributed by atoms with Gasteiger partial charge in [-0.25, -0.2) is 14.8 Å². The number of esters is 1. The molecule has 0 saturated carbocycles. The van der Waals surface area contributed by atoms with Crippen LogP contribution in [0.1, 0.15) is 60.1 Å². The highest BCUT2D eigenvalue weighted by atomic mass is 35.5. The zero-order valence-corrected chi connectivity index (χ0v) is 20.4. The summed E-state index contributed by atoms with van der Waals surface area (Å²) in [5.41, 5.74) is 0.736. The Hall–Kier alpha value is -2.17. The zero-order chi connectivity index (χ0) is 23.3. The largest absolute Gasteiger partial charge is 0.462 e. The number of carbonyl (C=O) groups excluding carboxylic acids is 2. The third-order valence-corrected chi connectivity index (χ3v) is 6.41. The molecule has 176 valence electrons. The maximum absolute atomic E-state index is 12.8. The number of thiazole rings is 1. The number of aryl methyl sites for hydroxylation is 1. The van der Waals surface area contributed by atoms with Gasteiger partial charge < -0.3 is 24.7 Å². The highest BCUT2D eigenvalue weighted by molar-refractivity contribution is 7.17. The lowest BCUT2D eigenvalue weighted by atomic mass is 10.0. The van der Waals surface area contributed by atoms with Gasteiger partial charge in [0, 0.05) is 19.7 Å². The molecule has 0 spiro atoms. The molecule has 0 bridgehead atoms. The summed E-state index contributed by atoms with van der Waals surface area (Å²) < 4.78 is 11.2. The molecule has 3 heterocycles. The van der Waals surface area contributed by atoms with Gasteiger partial charge in [0.15, 0.2) is 16.1 Å². The fourth-order valence-corrected chi connectivity index (χ4v) is 4.52. The molecule has 9 nitrogen and oxygen atoms in total. The number of carbonyl (C=O) groups is 2. The number of hydrogen-bond donors (Lipinski definition) is 2. The van der Waals surface area contributed by atoms with Gasteiger partial charge in [-0.2, -0.15) is 0 Å². The van der Waals surface area contributed by atoms with E-state index in [9.17, 15) is 9.59 Å². The van der Waals surface area contributed by atoms with Gasteiger partial charge >= 0.3 is 5.97 Å². The number of aromatic nitrogens is 3. The molecule has 3 rings (SSSR count).